The summed E-state index contributed by atoms with van der Waals surface area (Å²) < 4.78 is 95.2. The van der Waals surface area contributed by atoms with Crippen molar-refractivity contribution in [2.75, 3.05) is 38.5 Å². The first-order chi connectivity index (χ1) is 17.0. The van der Waals surface area contributed by atoms with Gasteiger partial charge in [-0.1, -0.05) is 0 Å². The van der Waals surface area contributed by atoms with Gasteiger partial charge in [0.25, 0.3) is 0 Å². The van der Waals surface area contributed by atoms with E-state index in [-0.39, 0.29) is 11.9 Å². The quantitative estimate of drug-likeness (QED) is 0.525. The SMILES string of the molecule is CCS(=O)(=O)N1CC[C@@H]2CN(Cc3ccncc3)CCO[C@@H]2C1.O=C(O)C(F)(F)F.O=C(O)C(F)(F)F. The summed E-state index contributed by atoms with van der Waals surface area (Å²) in [6, 6.07) is 4.08. The van der Waals surface area contributed by atoms with Crippen LogP contribution in [-0.4, -0.2) is 102 Å². The van der Waals surface area contributed by atoms with E-state index in [0.717, 1.165) is 26.1 Å². The van der Waals surface area contributed by atoms with Gasteiger partial charge in [-0.25, -0.2) is 18.0 Å². The number of carboxylic acid groups (broad SMARTS) is 2. The summed E-state index contributed by atoms with van der Waals surface area (Å²) in [7, 11) is -3.11. The zero-order valence-corrected chi connectivity index (χ0v) is 20.4. The lowest BCUT2D eigenvalue weighted by molar-refractivity contribution is -0.193. The number of hydrogen-bond acceptors (Lipinski definition) is 7. The largest absolute Gasteiger partial charge is 0.490 e. The molecule has 1 aromatic heterocycles. The average molecular weight is 568 g/mol. The molecule has 2 fully saturated rings. The van der Waals surface area contributed by atoms with Gasteiger partial charge < -0.3 is 14.9 Å². The molecular weight excluding hydrogens is 540 g/mol. The van der Waals surface area contributed by atoms with Gasteiger partial charge in [-0.3, -0.25) is 9.88 Å². The van der Waals surface area contributed by atoms with Gasteiger partial charge in [0.05, 0.1) is 18.5 Å². The number of nitrogens with zero attached hydrogens (tertiary/aromatic N) is 3. The third kappa shape index (κ3) is 11.6. The fraction of sp³-hybridized carbons (Fsp3) is 0.650. The maximum absolute atomic E-state index is 12.1. The number of carbonyl (C=O) groups is 2. The van der Waals surface area contributed by atoms with Crippen LogP contribution in [0, 0.1) is 5.92 Å². The van der Waals surface area contributed by atoms with Gasteiger partial charge in [0.2, 0.25) is 10.0 Å². The van der Waals surface area contributed by atoms with Gasteiger partial charge in [-0.05, 0) is 31.0 Å². The van der Waals surface area contributed by atoms with Gasteiger partial charge >= 0.3 is 24.3 Å². The Morgan fingerprint density at radius 1 is 1.03 bits per heavy atom. The Bertz CT molecular complexity index is 953. The lowest BCUT2D eigenvalue weighted by Crippen LogP contribution is -2.49. The van der Waals surface area contributed by atoms with Crippen LogP contribution in [0.2, 0.25) is 0 Å². The molecular formula is C20H27F6N3O7S. The molecule has 2 N–H and O–H groups in total. The van der Waals surface area contributed by atoms with Crippen molar-refractivity contribution in [2.45, 2.75) is 38.3 Å². The van der Waals surface area contributed by atoms with Crippen molar-refractivity contribution in [3.63, 3.8) is 0 Å². The number of hydrogen-bond donors (Lipinski definition) is 2. The monoisotopic (exact) mass is 567 g/mol. The lowest BCUT2D eigenvalue weighted by Gasteiger charge is -2.37. The molecule has 0 radical (unpaired) electrons. The maximum atomic E-state index is 12.1. The number of alkyl halides is 6. The first kappa shape index (κ1) is 32.5. The predicted molar refractivity (Wildman–Crippen MR) is 116 cm³/mol. The second-order valence-electron chi connectivity index (χ2n) is 7.91. The number of aromatic nitrogens is 1. The molecule has 0 aliphatic carbocycles. The highest BCUT2D eigenvalue weighted by Crippen LogP contribution is 2.26. The van der Waals surface area contributed by atoms with Gasteiger partial charge in [-0.15, -0.1) is 0 Å². The normalized spacial score (nSPS) is 21.3. The fourth-order valence-corrected chi connectivity index (χ4v) is 4.54. The summed E-state index contributed by atoms with van der Waals surface area (Å²) in [6.45, 7) is 6.22. The number of rotatable bonds is 4. The maximum Gasteiger partial charge on any atom is 0.490 e. The van der Waals surface area contributed by atoms with E-state index in [0.29, 0.717) is 25.6 Å². The van der Waals surface area contributed by atoms with Crippen LogP contribution in [-0.2, 0) is 30.9 Å². The molecule has 0 aromatic carbocycles. The average Bonchev–Trinajstić information content (AvgIpc) is 3.00. The van der Waals surface area contributed by atoms with E-state index in [1.54, 1.807) is 11.2 Å². The molecule has 2 aliphatic heterocycles. The molecule has 0 bridgehead atoms. The third-order valence-electron chi connectivity index (χ3n) is 5.29. The molecule has 0 saturated carbocycles. The van der Waals surface area contributed by atoms with Crippen LogP contribution in [0.4, 0.5) is 26.3 Å². The minimum Gasteiger partial charge on any atom is -0.475 e. The van der Waals surface area contributed by atoms with Crippen molar-refractivity contribution < 1.29 is 59.3 Å². The first-order valence-corrected chi connectivity index (χ1v) is 12.4. The zero-order valence-electron chi connectivity index (χ0n) is 19.6. The van der Waals surface area contributed by atoms with E-state index in [2.05, 4.69) is 9.88 Å². The third-order valence-corrected chi connectivity index (χ3v) is 7.14. The second-order valence-corrected chi connectivity index (χ2v) is 10.2. The molecule has 37 heavy (non-hydrogen) atoms. The van der Waals surface area contributed by atoms with Gasteiger partial charge in [-0.2, -0.15) is 30.6 Å². The van der Waals surface area contributed by atoms with Crippen molar-refractivity contribution in [2.24, 2.45) is 5.92 Å². The molecule has 212 valence electrons. The molecule has 2 saturated heterocycles. The lowest BCUT2D eigenvalue weighted by atomic mass is 9.94. The van der Waals surface area contributed by atoms with E-state index >= 15 is 0 Å². The molecule has 3 heterocycles. The van der Waals surface area contributed by atoms with Crippen molar-refractivity contribution >= 4 is 22.0 Å². The van der Waals surface area contributed by atoms with E-state index in [4.69, 9.17) is 24.5 Å². The van der Waals surface area contributed by atoms with Crippen LogP contribution in [0.15, 0.2) is 24.5 Å². The molecule has 0 amide bonds. The smallest absolute Gasteiger partial charge is 0.475 e. The van der Waals surface area contributed by atoms with E-state index in [1.165, 1.54) is 5.56 Å². The highest BCUT2D eigenvalue weighted by Gasteiger charge is 2.39. The Morgan fingerprint density at radius 2 is 1.54 bits per heavy atom. The molecule has 2 aliphatic rings. The minimum absolute atomic E-state index is 0.0208. The van der Waals surface area contributed by atoms with Crippen molar-refractivity contribution in [1.29, 1.82) is 0 Å². The molecule has 17 heteroatoms. The molecule has 10 nitrogen and oxygen atoms in total. The van der Waals surface area contributed by atoms with Crippen LogP contribution in [0.25, 0.3) is 0 Å². The second kappa shape index (κ2) is 13.9. The number of sulfonamides is 1. The Labute approximate surface area is 208 Å². The summed E-state index contributed by atoms with van der Waals surface area (Å²) in [4.78, 5) is 24.3. The van der Waals surface area contributed by atoms with Crippen molar-refractivity contribution in [3.8, 4) is 0 Å². The summed E-state index contributed by atoms with van der Waals surface area (Å²) in [5, 5.41) is 14.2. The van der Waals surface area contributed by atoms with Crippen LogP contribution < -0.4 is 0 Å². The van der Waals surface area contributed by atoms with Crippen molar-refractivity contribution in [1.82, 2.24) is 14.2 Å². The highest BCUT2D eigenvalue weighted by atomic mass is 32.2. The fourth-order valence-electron chi connectivity index (χ4n) is 3.42. The number of aliphatic carboxylic acids is 2. The molecule has 0 unspecified atom stereocenters. The Balaban J connectivity index is 0.000000404. The number of piperidine rings is 1. The minimum atomic E-state index is -5.08. The van der Waals surface area contributed by atoms with Crippen molar-refractivity contribution in [3.05, 3.63) is 30.1 Å². The van der Waals surface area contributed by atoms with Crippen LogP contribution in [0.1, 0.15) is 18.9 Å². The predicted octanol–water partition coefficient (Wildman–Crippen LogP) is 2.22. The topological polar surface area (TPSA) is 137 Å². The Morgan fingerprint density at radius 3 is 2.00 bits per heavy atom. The Kier molecular flexibility index (Phi) is 12.2. The van der Waals surface area contributed by atoms with Crippen LogP contribution >= 0.6 is 0 Å². The standard InChI is InChI=1S/C16H25N3O3S.2C2HF3O2/c1-2-23(20,21)19-8-5-15-12-18(9-10-22-16(15)13-19)11-14-3-6-17-7-4-14;2*3-2(4,5)1(6)7/h3-4,6-7,15-16H,2,5,8-13H2,1H3;2*(H,6,7)/t15-,16-;;/m1../s1. The summed E-state index contributed by atoms with van der Waals surface area (Å²) >= 11 is 0. The number of ether oxygens (including phenoxy) is 1. The van der Waals surface area contributed by atoms with Crippen LogP contribution in [0.5, 0.6) is 0 Å². The van der Waals surface area contributed by atoms with Gasteiger partial charge in [0, 0.05) is 51.0 Å². The van der Waals surface area contributed by atoms with E-state index < -0.39 is 34.3 Å². The molecule has 3 rings (SSSR count). The zero-order chi connectivity index (χ0) is 28.4. The molecule has 0 spiro atoms. The molecule has 1 aromatic rings. The van der Waals surface area contributed by atoms with Gasteiger partial charge in [0.1, 0.15) is 0 Å². The number of carboxylic acids is 2. The first-order valence-electron chi connectivity index (χ1n) is 10.8. The summed E-state index contributed by atoms with van der Waals surface area (Å²) in [6.07, 6.45) is -5.63. The number of fused-ring (bicyclic) bond motifs is 1. The van der Waals surface area contributed by atoms with E-state index in [9.17, 15) is 34.8 Å². The summed E-state index contributed by atoms with van der Waals surface area (Å²) in [5.74, 6) is -4.94. The number of halogens is 6. The van der Waals surface area contributed by atoms with Crippen LogP contribution in [0.3, 0.4) is 0 Å². The molecule has 2 atom stereocenters. The van der Waals surface area contributed by atoms with E-state index in [1.807, 2.05) is 24.5 Å². The van der Waals surface area contributed by atoms with Gasteiger partial charge in [0.15, 0.2) is 0 Å². The highest BCUT2D eigenvalue weighted by molar-refractivity contribution is 7.89. The summed E-state index contributed by atoms with van der Waals surface area (Å²) in [5.41, 5.74) is 1.25. The number of pyridine rings is 1. The Hall–Kier alpha value is -2.50.